The van der Waals surface area contributed by atoms with Crippen LogP contribution in [0, 0.1) is 23.7 Å². The number of alkyl halides is 3. The molecule has 0 aromatic heterocycles. The summed E-state index contributed by atoms with van der Waals surface area (Å²) >= 11 is 0. The standard InChI is InChI=1S/C16H25F3O6S/c1-15(2,21)8-11-6-10-5-9(11)7-12(10)14(20)25-4-3-13(17)16(18,19)26(22,23)24/h9-13,21H,3-8H2,1-2H3,(H,22,23,24). The Morgan fingerprint density at radius 2 is 1.85 bits per heavy atom. The summed E-state index contributed by atoms with van der Waals surface area (Å²) < 4.78 is 73.6. The van der Waals surface area contributed by atoms with Gasteiger partial charge in [-0.05, 0) is 57.3 Å². The number of rotatable bonds is 8. The molecule has 0 saturated heterocycles. The Hall–Kier alpha value is -0.870. The molecule has 6 nitrogen and oxygen atoms in total. The number of hydrogen-bond acceptors (Lipinski definition) is 5. The smallest absolute Gasteiger partial charge is 0.400 e. The SMILES string of the molecule is CC(C)(O)CC1CC2CC1CC2C(=O)OCCC(F)C(F)(F)S(=O)(=O)O. The van der Waals surface area contributed by atoms with E-state index in [1.54, 1.807) is 13.8 Å². The van der Waals surface area contributed by atoms with Crippen molar-refractivity contribution in [3.8, 4) is 0 Å². The van der Waals surface area contributed by atoms with Crippen LogP contribution in [0.4, 0.5) is 13.2 Å². The molecule has 2 rings (SSSR count). The first-order valence-electron chi connectivity index (χ1n) is 8.60. The van der Waals surface area contributed by atoms with Gasteiger partial charge in [0.1, 0.15) is 0 Å². The van der Waals surface area contributed by atoms with Crippen molar-refractivity contribution < 1.29 is 40.8 Å². The predicted octanol–water partition coefficient (Wildman–Crippen LogP) is 2.56. The second-order valence-corrected chi connectivity index (χ2v) is 9.57. The Kier molecular flexibility index (Phi) is 5.99. The zero-order valence-electron chi connectivity index (χ0n) is 14.7. The number of fused-ring (bicyclic) bond motifs is 2. The molecule has 5 atom stereocenters. The third kappa shape index (κ3) is 4.69. The quantitative estimate of drug-likeness (QED) is 0.478. The summed E-state index contributed by atoms with van der Waals surface area (Å²) in [5.74, 6) is -0.255. The Morgan fingerprint density at radius 1 is 1.23 bits per heavy atom. The predicted molar refractivity (Wildman–Crippen MR) is 85.7 cm³/mol. The highest BCUT2D eigenvalue weighted by atomic mass is 32.2. The summed E-state index contributed by atoms with van der Waals surface area (Å²) in [4.78, 5) is 12.1. The van der Waals surface area contributed by atoms with Crippen molar-refractivity contribution in [3.05, 3.63) is 0 Å². The molecule has 0 radical (unpaired) electrons. The number of hydrogen-bond donors (Lipinski definition) is 2. The normalized spacial score (nSPS) is 30.4. The van der Waals surface area contributed by atoms with Crippen molar-refractivity contribution in [2.75, 3.05) is 6.61 Å². The van der Waals surface area contributed by atoms with Crippen LogP contribution in [-0.2, 0) is 19.6 Å². The average Bonchev–Trinajstić information content (AvgIpc) is 3.03. The summed E-state index contributed by atoms with van der Waals surface area (Å²) in [5, 5.41) is 4.99. The molecule has 0 heterocycles. The van der Waals surface area contributed by atoms with E-state index in [1.165, 1.54) is 0 Å². The molecule has 10 heteroatoms. The molecule has 5 unspecified atom stereocenters. The van der Waals surface area contributed by atoms with Gasteiger partial charge in [0.05, 0.1) is 18.1 Å². The van der Waals surface area contributed by atoms with Crippen LogP contribution < -0.4 is 0 Å². The molecule has 2 aliphatic rings. The molecule has 2 N–H and O–H groups in total. The number of carbonyl (C=O) groups excluding carboxylic acids is 1. The van der Waals surface area contributed by atoms with Crippen LogP contribution in [-0.4, -0.2) is 47.7 Å². The summed E-state index contributed by atoms with van der Waals surface area (Å²) in [7, 11) is -5.87. The summed E-state index contributed by atoms with van der Waals surface area (Å²) in [6.45, 7) is 2.78. The van der Waals surface area contributed by atoms with Gasteiger partial charge in [0.2, 0.25) is 0 Å². The third-order valence-corrected chi connectivity index (χ3v) is 6.34. The number of esters is 1. The molecular weight excluding hydrogens is 377 g/mol. The summed E-state index contributed by atoms with van der Waals surface area (Å²) in [5.41, 5.74) is -0.778. The molecule has 0 aromatic rings. The molecule has 0 amide bonds. The first-order chi connectivity index (χ1) is 11.7. The van der Waals surface area contributed by atoms with Crippen molar-refractivity contribution in [2.45, 2.75) is 63.0 Å². The van der Waals surface area contributed by atoms with E-state index in [-0.39, 0.29) is 11.8 Å². The molecule has 2 bridgehead atoms. The van der Waals surface area contributed by atoms with Gasteiger partial charge in [-0.1, -0.05) is 0 Å². The van der Waals surface area contributed by atoms with Crippen molar-refractivity contribution in [2.24, 2.45) is 23.7 Å². The molecular formula is C16H25F3O6S. The van der Waals surface area contributed by atoms with Crippen LogP contribution in [0.1, 0.15) is 46.0 Å². The van der Waals surface area contributed by atoms with Crippen LogP contribution >= 0.6 is 0 Å². The van der Waals surface area contributed by atoms with Gasteiger partial charge in [-0.3, -0.25) is 9.35 Å². The third-order valence-electron chi connectivity index (χ3n) is 5.39. The maximum absolute atomic E-state index is 13.4. The van der Waals surface area contributed by atoms with Gasteiger partial charge in [0, 0.05) is 6.42 Å². The van der Waals surface area contributed by atoms with Gasteiger partial charge in [-0.2, -0.15) is 17.2 Å². The fourth-order valence-corrected chi connectivity index (χ4v) is 4.72. The second kappa shape index (κ2) is 7.27. The van der Waals surface area contributed by atoms with Gasteiger partial charge in [-0.25, -0.2) is 4.39 Å². The van der Waals surface area contributed by atoms with E-state index < -0.39 is 46.1 Å². The average molecular weight is 402 g/mol. The van der Waals surface area contributed by atoms with Crippen LogP contribution in [0.25, 0.3) is 0 Å². The van der Waals surface area contributed by atoms with E-state index in [4.69, 9.17) is 9.29 Å². The van der Waals surface area contributed by atoms with Crippen molar-refractivity contribution in [3.63, 3.8) is 0 Å². The van der Waals surface area contributed by atoms with Crippen LogP contribution in [0.5, 0.6) is 0 Å². The minimum absolute atomic E-state index is 0.0975. The number of carbonyl (C=O) groups is 1. The van der Waals surface area contributed by atoms with E-state index in [9.17, 15) is 31.5 Å². The largest absolute Gasteiger partial charge is 0.465 e. The Balaban J connectivity index is 1.79. The number of halogens is 3. The van der Waals surface area contributed by atoms with Crippen molar-refractivity contribution in [1.82, 2.24) is 0 Å². The first kappa shape index (κ1) is 21.4. The molecule has 2 fully saturated rings. The highest BCUT2D eigenvalue weighted by Crippen LogP contribution is 2.54. The Bertz CT molecular complexity index is 630. The lowest BCUT2D eigenvalue weighted by atomic mass is 9.77. The Labute approximate surface area is 150 Å². The van der Waals surface area contributed by atoms with Crippen molar-refractivity contribution >= 4 is 16.1 Å². The summed E-state index contributed by atoms with van der Waals surface area (Å²) in [6, 6.07) is 0. The topological polar surface area (TPSA) is 101 Å². The van der Waals surface area contributed by atoms with E-state index in [0.29, 0.717) is 24.7 Å². The van der Waals surface area contributed by atoms with Gasteiger partial charge < -0.3 is 9.84 Å². The molecule has 2 saturated carbocycles. The van der Waals surface area contributed by atoms with Gasteiger partial charge in [-0.15, -0.1) is 0 Å². The van der Waals surface area contributed by atoms with E-state index in [2.05, 4.69) is 0 Å². The Morgan fingerprint density at radius 3 is 2.31 bits per heavy atom. The van der Waals surface area contributed by atoms with Gasteiger partial charge >= 0.3 is 21.3 Å². The van der Waals surface area contributed by atoms with Crippen molar-refractivity contribution in [1.29, 1.82) is 0 Å². The zero-order valence-corrected chi connectivity index (χ0v) is 15.5. The zero-order chi connectivity index (χ0) is 19.9. The molecule has 26 heavy (non-hydrogen) atoms. The molecule has 0 spiro atoms. The molecule has 0 aliphatic heterocycles. The second-order valence-electron chi connectivity index (χ2n) is 8.07. The molecule has 152 valence electrons. The molecule has 0 aromatic carbocycles. The highest BCUT2D eigenvalue weighted by molar-refractivity contribution is 7.86. The number of ether oxygens (including phenoxy) is 1. The lowest BCUT2D eigenvalue weighted by Gasteiger charge is -2.30. The summed E-state index contributed by atoms with van der Waals surface area (Å²) in [6.07, 6.45) is -1.34. The maximum atomic E-state index is 13.4. The van der Waals surface area contributed by atoms with Crippen LogP contribution in [0.3, 0.4) is 0 Å². The van der Waals surface area contributed by atoms with E-state index in [1.807, 2.05) is 0 Å². The van der Waals surface area contributed by atoms with E-state index in [0.717, 1.165) is 12.8 Å². The minimum atomic E-state index is -5.87. The maximum Gasteiger partial charge on any atom is 0.400 e. The fourth-order valence-electron chi connectivity index (χ4n) is 4.27. The van der Waals surface area contributed by atoms with Gasteiger partial charge in [0.25, 0.3) is 0 Å². The fraction of sp³-hybridized carbons (Fsp3) is 0.938. The van der Waals surface area contributed by atoms with Gasteiger partial charge in [0.15, 0.2) is 6.17 Å². The van der Waals surface area contributed by atoms with Crippen LogP contribution in [0.2, 0.25) is 0 Å². The highest BCUT2D eigenvalue weighted by Gasteiger charge is 2.53. The first-order valence-corrected chi connectivity index (χ1v) is 10.0. The van der Waals surface area contributed by atoms with E-state index >= 15 is 0 Å². The van der Waals surface area contributed by atoms with Crippen LogP contribution in [0.15, 0.2) is 0 Å². The minimum Gasteiger partial charge on any atom is -0.465 e. The number of aliphatic hydroxyl groups is 1. The lowest BCUT2D eigenvalue weighted by molar-refractivity contribution is -0.151. The lowest BCUT2D eigenvalue weighted by Crippen LogP contribution is -2.39. The molecule has 2 aliphatic carbocycles. The monoisotopic (exact) mass is 402 g/mol.